The zero-order chi connectivity index (χ0) is 8.15. The summed E-state index contributed by atoms with van der Waals surface area (Å²) in [6, 6.07) is -0.985. The molecule has 0 fully saturated rings. The van der Waals surface area contributed by atoms with Gasteiger partial charge in [0, 0.05) is 12.7 Å². The Kier molecular flexibility index (Phi) is 8.77. The molecule has 58 valence electrons. The largest absolute Gasteiger partial charge is 1.00 e. The van der Waals surface area contributed by atoms with Crippen LogP contribution in [0.2, 0.25) is 0 Å². The van der Waals surface area contributed by atoms with E-state index in [4.69, 9.17) is 0 Å². The van der Waals surface area contributed by atoms with Crippen molar-refractivity contribution in [1.82, 2.24) is 5.32 Å². The van der Waals surface area contributed by atoms with E-state index in [0.29, 0.717) is 0 Å². The van der Waals surface area contributed by atoms with Gasteiger partial charge in [0.1, 0.15) is 0 Å². The summed E-state index contributed by atoms with van der Waals surface area (Å²) in [4.78, 5) is 20.4. The van der Waals surface area contributed by atoms with Crippen molar-refractivity contribution in [3.8, 4) is 0 Å². The maximum absolute atomic E-state index is 10.3. The van der Waals surface area contributed by atoms with Gasteiger partial charge in [-0.15, -0.1) is 0 Å². The Bertz CT molecular complexity index is 153. The van der Waals surface area contributed by atoms with Gasteiger partial charge in [-0.05, 0) is 0 Å². The molecule has 6 heteroatoms. The number of carboxylic acids is 1. The summed E-state index contributed by atoms with van der Waals surface area (Å²) in [6.07, 6.45) is 0. The van der Waals surface area contributed by atoms with Crippen LogP contribution in [0, 0.1) is 0 Å². The van der Waals surface area contributed by atoms with Gasteiger partial charge in [0.15, 0.2) is 0 Å². The normalized spacial score (nSPS) is 11.1. The van der Waals surface area contributed by atoms with Gasteiger partial charge >= 0.3 is 29.6 Å². The van der Waals surface area contributed by atoms with E-state index in [2.05, 4.69) is 17.9 Å². The fourth-order valence-electron chi connectivity index (χ4n) is 0.424. The predicted molar refractivity (Wildman–Crippen MR) is 36.5 cm³/mol. The molecule has 0 aromatic heterocycles. The van der Waals surface area contributed by atoms with Crippen LogP contribution in [-0.2, 0) is 9.59 Å². The van der Waals surface area contributed by atoms with E-state index in [0.717, 1.165) is 0 Å². The molecule has 0 saturated heterocycles. The first-order valence-corrected chi connectivity index (χ1v) is 3.30. The predicted octanol–water partition coefficient (Wildman–Crippen LogP) is -4.83. The number of carboxylic acid groups (broad SMARTS) is 1. The summed E-state index contributed by atoms with van der Waals surface area (Å²) in [5, 5.41) is 12.2. The van der Waals surface area contributed by atoms with Crippen molar-refractivity contribution in [2.24, 2.45) is 0 Å². The number of carbonyl (C=O) groups is 2. The van der Waals surface area contributed by atoms with E-state index >= 15 is 0 Å². The molecule has 4 nitrogen and oxygen atoms in total. The zero-order valence-electron chi connectivity index (χ0n) is 6.46. The van der Waals surface area contributed by atoms with Crippen molar-refractivity contribution in [3.63, 3.8) is 0 Å². The molecule has 0 unspecified atom stereocenters. The maximum atomic E-state index is 10.3. The Hall–Kier alpha value is 0.290. The van der Waals surface area contributed by atoms with Gasteiger partial charge in [-0.1, -0.05) is 0 Å². The summed E-state index contributed by atoms with van der Waals surface area (Å²) < 4.78 is 0. The fraction of sp³-hybridized carbons (Fsp3) is 0.600. The molecular formula is C5H8NNaO3S. The Labute approximate surface area is 92.4 Å². The molecular weight excluding hydrogens is 177 g/mol. The number of rotatable bonds is 3. The number of hydrogen-bond acceptors (Lipinski definition) is 4. The Morgan fingerprint density at radius 3 is 2.18 bits per heavy atom. The third kappa shape index (κ3) is 6.68. The summed E-state index contributed by atoms with van der Waals surface area (Å²) >= 11 is 3.69. The van der Waals surface area contributed by atoms with E-state index in [-0.39, 0.29) is 35.3 Å². The first-order chi connectivity index (χ1) is 4.57. The van der Waals surface area contributed by atoms with Crippen molar-refractivity contribution in [2.75, 3.05) is 5.75 Å². The first kappa shape index (κ1) is 13.9. The molecule has 0 aliphatic carbocycles. The van der Waals surface area contributed by atoms with Crippen molar-refractivity contribution >= 4 is 24.5 Å². The minimum absolute atomic E-state index is 0. The molecule has 1 atom stereocenters. The minimum Gasteiger partial charge on any atom is -0.548 e. The van der Waals surface area contributed by atoms with Gasteiger partial charge in [0.2, 0.25) is 5.91 Å². The molecule has 0 rings (SSSR count). The Morgan fingerprint density at radius 1 is 1.64 bits per heavy atom. The van der Waals surface area contributed by atoms with Crippen LogP contribution in [0.5, 0.6) is 0 Å². The molecule has 0 heterocycles. The molecule has 0 radical (unpaired) electrons. The van der Waals surface area contributed by atoms with Crippen LogP contribution in [0.1, 0.15) is 6.92 Å². The molecule has 1 amide bonds. The number of nitrogens with one attached hydrogen (secondary N) is 1. The molecule has 0 aromatic carbocycles. The average molecular weight is 185 g/mol. The summed E-state index contributed by atoms with van der Waals surface area (Å²) in [5.74, 6) is -1.67. The van der Waals surface area contributed by atoms with Gasteiger partial charge in [0.05, 0.1) is 12.0 Å². The van der Waals surface area contributed by atoms with Crippen molar-refractivity contribution in [1.29, 1.82) is 0 Å². The standard InChI is InChI=1S/C5H9NO3S.Na/c1-3(7)6-4(2-10)5(8)9;/h4,10H,2H2,1H3,(H,6,7)(H,8,9);/q;+1/p-1/t4-;/m1./s1. The van der Waals surface area contributed by atoms with E-state index in [1.165, 1.54) is 6.92 Å². The maximum Gasteiger partial charge on any atom is 1.00 e. The monoisotopic (exact) mass is 185 g/mol. The van der Waals surface area contributed by atoms with E-state index in [9.17, 15) is 14.7 Å². The smallest absolute Gasteiger partial charge is 0.548 e. The van der Waals surface area contributed by atoms with Gasteiger partial charge < -0.3 is 15.2 Å². The molecule has 0 saturated carbocycles. The third-order valence-electron chi connectivity index (χ3n) is 0.845. The van der Waals surface area contributed by atoms with Crippen LogP contribution in [0.4, 0.5) is 0 Å². The van der Waals surface area contributed by atoms with Crippen LogP contribution in [0.25, 0.3) is 0 Å². The van der Waals surface area contributed by atoms with Gasteiger partial charge in [-0.3, -0.25) is 4.79 Å². The molecule has 0 aromatic rings. The second-order valence-electron chi connectivity index (χ2n) is 1.75. The second-order valence-corrected chi connectivity index (χ2v) is 2.12. The average Bonchev–Trinajstić information content (AvgIpc) is 1.81. The molecule has 0 aliphatic heterocycles. The Balaban J connectivity index is 0. The van der Waals surface area contributed by atoms with Crippen molar-refractivity contribution in [3.05, 3.63) is 0 Å². The molecule has 1 N–H and O–H groups in total. The van der Waals surface area contributed by atoms with E-state index < -0.39 is 17.9 Å². The summed E-state index contributed by atoms with van der Waals surface area (Å²) in [7, 11) is 0. The Morgan fingerprint density at radius 2 is 2.09 bits per heavy atom. The minimum atomic E-state index is -1.31. The summed E-state index contributed by atoms with van der Waals surface area (Å²) in [5.41, 5.74) is 0. The van der Waals surface area contributed by atoms with Crippen LogP contribution < -0.4 is 40.0 Å². The van der Waals surface area contributed by atoms with Gasteiger partial charge in [-0.25, -0.2) is 0 Å². The van der Waals surface area contributed by atoms with Crippen molar-refractivity contribution in [2.45, 2.75) is 13.0 Å². The number of hydrogen-bond donors (Lipinski definition) is 2. The zero-order valence-corrected chi connectivity index (χ0v) is 9.35. The SMILES string of the molecule is CC(=O)N[C@H](CS)C(=O)[O-].[Na+]. The fourth-order valence-corrected chi connectivity index (χ4v) is 0.665. The van der Waals surface area contributed by atoms with Gasteiger partial charge in [0.25, 0.3) is 0 Å². The molecule has 0 spiro atoms. The molecule has 11 heavy (non-hydrogen) atoms. The second kappa shape index (κ2) is 6.97. The number of thiol groups is 1. The van der Waals surface area contributed by atoms with Crippen LogP contribution in [0.3, 0.4) is 0 Å². The summed E-state index contributed by atoms with van der Waals surface area (Å²) in [6.45, 7) is 1.24. The third-order valence-corrected chi connectivity index (χ3v) is 1.21. The van der Waals surface area contributed by atoms with E-state index in [1.807, 2.05) is 0 Å². The van der Waals surface area contributed by atoms with Crippen LogP contribution in [0.15, 0.2) is 0 Å². The first-order valence-electron chi connectivity index (χ1n) is 2.66. The number of carbonyl (C=O) groups excluding carboxylic acids is 2. The topological polar surface area (TPSA) is 69.2 Å². The van der Waals surface area contributed by atoms with Crippen molar-refractivity contribution < 1.29 is 44.3 Å². The molecule has 0 bridgehead atoms. The van der Waals surface area contributed by atoms with Crippen LogP contribution in [-0.4, -0.2) is 23.7 Å². The van der Waals surface area contributed by atoms with E-state index in [1.54, 1.807) is 0 Å². The van der Waals surface area contributed by atoms with Gasteiger partial charge in [-0.2, -0.15) is 12.6 Å². The van der Waals surface area contributed by atoms with Crippen LogP contribution >= 0.6 is 12.6 Å². The molecule has 0 aliphatic rings. The number of amides is 1. The quantitative estimate of drug-likeness (QED) is 0.342. The number of aliphatic carboxylic acids is 1.